The van der Waals surface area contributed by atoms with Gasteiger partial charge >= 0.3 is 0 Å². The summed E-state index contributed by atoms with van der Waals surface area (Å²) in [6.07, 6.45) is 0.842. The molecule has 0 saturated carbocycles. The third-order valence-corrected chi connectivity index (χ3v) is 4.80. The summed E-state index contributed by atoms with van der Waals surface area (Å²) in [7, 11) is 0. The van der Waals surface area contributed by atoms with Crippen LogP contribution < -0.4 is 5.32 Å². The molecule has 17 heavy (non-hydrogen) atoms. The number of phenolic OH excluding ortho intramolecular Hbond substituents is 1. The molecule has 2 rings (SSSR count). The maximum absolute atomic E-state index is 10.1. The lowest BCUT2D eigenvalue weighted by atomic mass is 10.0. The molecule has 0 amide bonds. The van der Waals surface area contributed by atoms with Crippen molar-refractivity contribution in [1.82, 2.24) is 5.32 Å². The molecule has 3 N–H and O–H groups in total. The van der Waals surface area contributed by atoms with E-state index in [0.717, 1.165) is 23.5 Å². The second-order valence-corrected chi connectivity index (χ2v) is 6.34. The maximum atomic E-state index is 10.1. The molecule has 94 valence electrons. The predicted octanol–water partition coefficient (Wildman–Crippen LogP) is 2.11. The van der Waals surface area contributed by atoms with E-state index >= 15 is 0 Å². The first kappa shape index (κ1) is 13.2. The number of nitrogens with one attached hydrogen (secondary N) is 1. The van der Waals surface area contributed by atoms with Gasteiger partial charge in [-0.1, -0.05) is 12.1 Å². The van der Waals surface area contributed by atoms with Crippen LogP contribution >= 0.6 is 27.7 Å². The minimum atomic E-state index is -0.577. The highest BCUT2D eigenvalue weighted by atomic mass is 79.9. The molecule has 1 aromatic rings. The largest absolute Gasteiger partial charge is 0.506 e. The highest BCUT2D eigenvalue weighted by Gasteiger charge is 2.31. The van der Waals surface area contributed by atoms with Gasteiger partial charge in [-0.2, -0.15) is 11.8 Å². The molecule has 1 atom stereocenters. The third-order valence-electron chi connectivity index (χ3n) is 2.92. The molecule has 3 nitrogen and oxygen atoms in total. The fraction of sp³-hybridized carbons (Fsp3) is 0.500. The Morgan fingerprint density at radius 1 is 1.47 bits per heavy atom. The topological polar surface area (TPSA) is 52.5 Å². The Balaban J connectivity index is 1.88. The third kappa shape index (κ3) is 3.37. The van der Waals surface area contributed by atoms with Crippen LogP contribution in [0.5, 0.6) is 5.75 Å². The minimum absolute atomic E-state index is 0.271. The smallest absolute Gasteiger partial charge is 0.134 e. The van der Waals surface area contributed by atoms with Gasteiger partial charge in [-0.15, -0.1) is 0 Å². The molecule has 0 radical (unpaired) electrons. The van der Waals surface area contributed by atoms with Crippen molar-refractivity contribution < 1.29 is 10.2 Å². The lowest BCUT2D eigenvalue weighted by Crippen LogP contribution is -2.40. The summed E-state index contributed by atoms with van der Waals surface area (Å²) in [6.45, 7) is 1.14. The highest BCUT2D eigenvalue weighted by Crippen LogP contribution is 2.29. The molecule has 1 aliphatic rings. The van der Waals surface area contributed by atoms with Crippen LogP contribution in [0.3, 0.4) is 0 Å². The number of hydrogen-bond acceptors (Lipinski definition) is 4. The van der Waals surface area contributed by atoms with Crippen molar-refractivity contribution in [3.05, 3.63) is 28.2 Å². The molecule has 1 heterocycles. The summed E-state index contributed by atoms with van der Waals surface area (Å²) in [6, 6.07) is 5.57. The van der Waals surface area contributed by atoms with Gasteiger partial charge in [0.2, 0.25) is 0 Å². The monoisotopic (exact) mass is 317 g/mol. The first-order valence-electron chi connectivity index (χ1n) is 5.58. The maximum Gasteiger partial charge on any atom is 0.134 e. The Labute approximate surface area is 114 Å². The fourth-order valence-corrected chi connectivity index (χ4v) is 3.57. The molecule has 0 bridgehead atoms. The molecule has 0 aromatic heterocycles. The van der Waals surface area contributed by atoms with Crippen molar-refractivity contribution >= 4 is 27.7 Å². The number of aromatic hydroxyl groups is 1. The number of phenols is 1. The molecule has 0 spiro atoms. The van der Waals surface area contributed by atoms with E-state index in [-0.39, 0.29) is 5.75 Å². The number of para-hydroxylation sites is 1. The van der Waals surface area contributed by atoms with Crippen molar-refractivity contribution in [3.63, 3.8) is 0 Å². The van der Waals surface area contributed by atoms with Gasteiger partial charge in [0.05, 0.1) is 10.1 Å². The Morgan fingerprint density at radius 2 is 2.29 bits per heavy atom. The molecule has 5 heteroatoms. The van der Waals surface area contributed by atoms with Gasteiger partial charge < -0.3 is 15.5 Å². The van der Waals surface area contributed by atoms with Crippen molar-refractivity contribution in [3.8, 4) is 5.75 Å². The van der Waals surface area contributed by atoms with Crippen LogP contribution in [-0.4, -0.2) is 33.9 Å². The van der Waals surface area contributed by atoms with E-state index < -0.39 is 5.60 Å². The number of benzene rings is 1. The second kappa shape index (κ2) is 5.61. The summed E-state index contributed by atoms with van der Waals surface area (Å²) < 4.78 is 0.701. The molecule has 1 fully saturated rings. The lowest BCUT2D eigenvalue weighted by Gasteiger charge is -2.21. The first-order chi connectivity index (χ1) is 8.11. The quantitative estimate of drug-likeness (QED) is 0.796. The van der Waals surface area contributed by atoms with E-state index in [4.69, 9.17) is 0 Å². The Morgan fingerprint density at radius 3 is 3.00 bits per heavy atom. The van der Waals surface area contributed by atoms with Crippen LogP contribution in [0.4, 0.5) is 0 Å². The van der Waals surface area contributed by atoms with Gasteiger partial charge in [-0.25, -0.2) is 0 Å². The van der Waals surface area contributed by atoms with Crippen LogP contribution in [-0.2, 0) is 6.54 Å². The zero-order valence-corrected chi connectivity index (χ0v) is 11.9. The number of thioether (sulfide) groups is 1. The van der Waals surface area contributed by atoms with Crippen molar-refractivity contribution in [1.29, 1.82) is 0 Å². The summed E-state index contributed by atoms with van der Waals surface area (Å²) in [4.78, 5) is 0. The number of halogens is 1. The predicted molar refractivity (Wildman–Crippen MR) is 74.4 cm³/mol. The lowest BCUT2D eigenvalue weighted by molar-refractivity contribution is 0.0674. The zero-order valence-electron chi connectivity index (χ0n) is 9.45. The normalized spacial score (nSPS) is 24.1. The van der Waals surface area contributed by atoms with E-state index in [1.807, 2.05) is 12.1 Å². The van der Waals surface area contributed by atoms with Gasteiger partial charge in [-0.05, 0) is 34.2 Å². The van der Waals surface area contributed by atoms with E-state index in [1.54, 1.807) is 17.8 Å². The fourth-order valence-electron chi connectivity index (χ4n) is 1.87. The number of hydrogen-bond donors (Lipinski definition) is 3. The summed E-state index contributed by atoms with van der Waals surface area (Å²) in [5.74, 6) is 2.10. The molecule has 1 aromatic carbocycles. The number of rotatable bonds is 4. The minimum Gasteiger partial charge on any atom is -0.506 e. The van der Waals surface area contributed by atoms with Gasteiger partial charge in [0.25, 0.3) is 0 Å². The molecule has 1 saturated heterocycles. The molecule has 1 unspecified atom stereocenters. The zero-order chi connectivity index (χ0) is 12.3. The molecule has 1 aliphatic heterocycles. The molecular formula is C12H16BrNO2S. The average molecular weight is 318 g/mol. The van der Waals surface area contributed by atoms with Crippen LogP contribution in [0.25, 0.3) is 0 Å². The van der Waals surface area contributed by atoms with E-state index in [0.29, 0.717) is 17.6 Å². The highest BCUT2D eigenvalue weighted by molar-refractivity contribution is 9.10. The van der Waals surface area contributed by atoms with Crippen molar-refractivity contribution in [2.75, 3.05) is 18.1 Å². The average Bonchev–Trinajstić information content (AvgIpc) is 2.72. The van der Waals surface area contributed by atoms with E-state index in [2.05, 4.69) is 21.2 Å². The van der Waals surface area contributed by atoms with Gasteiger partial charge in [0.1, 0.15) is 5.75 Å². The molecular weight excluding hydrogens is 302 g/mol. The summed E-state index contributed by atoms with van der Waals surface area (Å²) in [5, 5.41) is 23.1. The van der Waals surface area contributed by atoms with Gasteiger partial charge in [-0.3, -0.25) is 0 Å². The number of aliphatic hydroxyl groups is 1. The first-order valence-corrected chi connectivity index (χ1v) is 7.53. The second-order valence-electron chi connectivity index (χ2n) is 4.38. The summed E-state index contributed by atoms with van der Waals surface area (Å²) >= 11 is 5.07. The summed E-state index contributed by atoms with van der Waals surface area (Å²) in [5.41, 5.74) is 0.264. The molecule has 0 aliphatic carbocycles. The Hall–Kier alpha value is -0.230. The SMILES string of the molecule is Oc1c(Br)cccc1CNCC1(O)CCSC1. The van der Waals surface area contributed by atoms with Crippen LogP contribution in [0.1, 0.15) is 12.0 Å². The Bertz CT molecular complexity index is 394. The standard InChI is InChI=1S/C12H16BrNO2S/c13-10-3-1-2-9(11(10)15)6-14-7-12(16)4-5-17-8-12/h1-3,14-16H,4-8H2. The van der Waals surface area contributed by atoms with Gasteiger partial charge in [0.15, 0.2) is 0 Å². The van der Waals surface area contributed by atoms with Crippen LogP contribution in [0, 0.1) is 0 Å². The van der Waals surface area contributed by atoms with Gasteiger partial charge in [0, 0.05) is 24.4 Å². The van der Waals surface area contributed by atoms with Crippen LogP contribution in [0.15, 0.2) is 22.7 Å². The van der Waals surface area contributed by atoms with E-state index in [9.17, 15) is 10.2 Å². The van der Waals surface area contributed by atoms with Crippen molar-refractivity contribution in [2.24, 2.45) is 0 Å². The Kier molecular flexibility index (Phi) is 4.36. The van der Waals surface area contributed by atoms with Crippen molar-refractivity contribution in [2.45, 2.75) is 18.6 Å². The van der Waals surface area contributed by atoms with E-state index in [1.165, 1.54) is 0 Å². The van der Waals surface area contributed by atoms with Crippen LogP contribution in [0.2, 0.25) is 0 Å².